The van der Waals surface area contributed by atoms with Crippen LogP contribution in [0.4, 0.5) is 5.69 Å². The van der Waals surface area contributed by atoms with Crippen LogP contribution >= 0.6 is 0 Å². The van der Waals surface area contributed by atoms with Crippen LogP contribution in [-0.4, -0.2) is 23.0 Å². The van der Waals surface area contributed by atoms with Crippen LogP contribution in [0.2, 0.25) is 0 Å². The summed E-state index contributed by atoms with van der Waals surface area (Å²) in [5.74, 6) is 0.630. The van der Waals surface area contributed by atoms with E-state index < -0.39 is 0 Å². The maximum absolute atomic E-state index is 12.3. The Morgan fingerprint density at radius 3 is 2.61 bits per heavy atom. The third-order valence-corrected chi connectivity index (χ3v) is 4.07. The summed E-state index contributed by atoms with van der Waals surface area (Å²) < 4.78 is 5.20. The van der Waals surface area contributed by atoms with Crippen molar-refractivity contribution < 1.29 is 14.1 Å². The predicted molar refractivity (Wildman–Crippen MR) is 83.4 cm³/mol. The molecule has 6 heteroatoms. The summed E-state index contributed by atoms with van der Waals surface area (Å²) in [6.45, 7) is 0. The molecule has 0 radical (unpaired) electrons. The highest BCUT2D eigenvalue weighted by Gasteiger charge is 2.29. The van der Waals surface area contributed by atoms with Gasteiger partial charge in [0.05, 0.1) is 11.3 Å². The molecular formula is C17H17N3O3. The summed E-state index contributed by atoms with van der Waals surface area (Å²) in [6, 6.07) is 8.91. The first-order valence-corrected chi connectivity index (χ1v) is 7.88. The number of hydrogen-bond acceptors (Lipinski definition) is 4. The van der Waals surface area contributed by atoms with Gasteiger partial charge in [-0.2, -0.15) is 0 Å². The van der Waals surface area contributed by atoms with Crippen LogP contribution in [-0.2, 0) is 0 Å². The van der Waals surface area contributed by atoms with Crippen LogP contribution in [0.5, 0.6) is 0 Å². The number of rotatable bonds is 5. The van der Waals surface area contributed by atoms with Gasteiger partial charge in [-0.15, -0.1) is 0 Å². The van der Waals surface area contributed by atoms with Crippen molar-refractivity contribution in [1.82, 2.24) is 10.5 Å². The molecule has 118 valence electrons. The van der Waals surface area contributed by atoms with Gasteiger partial charge in [-0.3, -0.25) is 9.59 Å². The molecule has 2 aliphatic carbocycles. The lowest BCUT2D eigenvalue weighted by Gasteiger charge is -2.10. The van der Waals surface area contributed by atoms with Gasteiger partial charge in [0.2, 0.25) is 0 Å². The fourth-order valence-corrected chi connectivity index (χ4v) is 2.42. The minimum absolute atomic E-state index is 0.165. The first kappa shape index (κ1) is 14.0. The summed E-state index contributed by atoms with van der Waals surface area (Å²) in [4.78, 5) is 24.6. The van der Waals surface area contributed by atoms with E-state index in [0.717, 1.165) is 31.4 Å². The summed E-state index contributed by atoms with van der Waals surface area (Å²) in [5, 5.41) is 9.50. The smallest absolute Gasteiger partial charge is 0.277 e. The Kier molecular flexibility index (Phi) is 3.37. The number of carbonyl (C=O) groups is 2. The number of hydrogen-bond donors (Lipinski definition) is 2. The Morgan fingerprint density at radius 1 is 1.09 bits per heavy atom. The first-order chi connectivity index (χ1) is 11.2. The zero-order chi connectivity index (χ0) is 15.8. The van der Waals surface area contributed by atoms with Crippen molar-refractivity contribution in [2.45, 2.75) is 37.6 Å². The highest BCUT2D eigenvalue weighted by Crippen LogP contribution is 2.40. The second-order valence-electron chi connectivity index (χ2n) is 6.14. The maximum Gasteiger partial charge on any atom is 0.277 e. The quantitative estimate of drug-likeness (QED) is 0.889. The zero-order valence-electron chi connectivity index (χ0n) is 12.5. The minimum Gasteiger partial charge on any atom is -0.360 e. The van der Waals surface area contributed by atoms with Crippen molar-refractivity contribution in [2.24, 2.45) is 0 Å². The molecule has 2 N–H and O–H groups in total. The monoisotopic (exact) mass is 311 g/mol. The lowest BCUT2D eigenvalue weighted by molar-refractivity contribution is 0.0952. The van der Waals surface area contributed by atoms with Crippen LogP contribution in [0.15, 0.2) is 34.9 Å². The number of benzene rings is 1. The summed E-state index contributed by atoms with van der Waals surface area (Å²) in [7, 11) is 0. The third-order valence-electron chi connectivity index (χ3n) is 4.07. The van der Waals surface area contributed by atoms with E-state index in [0.29, 0.717) is 17.2 Å². The van der Waals surface area contributed by atoms with E-state index in [2.05, 4.69) is 15.8 Å². The Hall–Kier alpha value is -2.63. The number of nitrogens with zero attached hydrogens (tertiary/aromatic N) is 1. The molecule has 1 aromatic carbocycles. The van der Waals surface area contributed by atoms with Crippen LogP contribution in [0.1, 0.15) is 58.2 Å². The van der Waals surface area contributed by atoms with Crippen LogP contribution in [0.3, 0.4) is 0 Å². The molecule has 0 unspecified atom stereocenters. The Morgan fingerprint density at radius 2 is 1.87 bits per heavy atom. The van der Waals surface area contributed by atoms with Gasteiger partial charge in [0.15, 0.2) is 5.69 Å². The number of anilines is 1. The molecule has 4 rings (SSSR count). The molecule has 23 heavy (non-hydrogen) atoms. The van der Waals surface area contributed by atoms with Crippen molar-refractivity contribution >= 4 is 17.5 Å². The standard InChI is InChI=1S/C17H17N3O3/c21-16(18-11-7-8-11)12-3-1-2-4-13(12)19-17(22)14-9-15(23-20-14)10-5-6-10/h1-4,9-11H,5-8H2,(H,18,21)(H,19,22). The Bertz CT molecular complexity index is 760. The lowest BCUT2D eigenvalue weighted by Crippen LogP contribution is -2.27. The minimum atomic E-state index is -0.368. The van der Waals surface area contributed by atoms with E-state index in [-0.39, 0.29) is 23.6 Å². The molecule has 0 aliphatic heterocycles. The average Bonchev–Trinajstić information content (AvgIpc) is 3.48. The van der Waals surface area contributed by atoms with Crippen LogP contribution in [0.25, 0.3) is 0 Å². The molecule has 1 aromatic heterocycles. The van der Waals surface area contributed by atoms with Gasteiger partial charge in [0.1, 0.15) is 5.76 Å². The predicted octanol–water partition coefficient (Wildman–Crippen LogP) is 2.70. The molecule has 6 nitrogen and oxygen atoms in total. The van der Waals surface area contributed by atoms with Gasteiger partial charge < -0.3 is 15.2 Å². The molecular weight excluding hydrogens is 294 g/mol. The van der Waals surface area contributed by atoms with E-state index in [1.54, 1.807) is 30.3 Å². The van der Waals surface area contributed by atoms with E-state index in [9.17, 15) is 9.59 Å². The highest BCUT2D eigenvalue weighted by atomic mass is 16.5. The van der Waals surface area contributed by atoms with Gasteiger partial charge >= 0.3 is 0 Å². The lowest BCUT2D eigenvalue weighted by atomic mass is 10.1. The maximum atomic E-state index is 12.3. The number of carbonyl (C=O) groups excluding carboxylic acids is 2. The molecule has 2 fully saturated rings. The van der Waals surface area contributed by atoms with Crippen molar-refractivity contribution in [3.63, 3.8) is 0 Å². The molecule has 2 aliphatic rings. The molecule has 2 amide bonds. The Labute approximate surface area is 133 Å². The normalized spacial score (nSPS) is 16.9. The molecule has 0 atom stereocenters. The molecule has 0 spiro atoms. The van der Waals surface area contributed by atoms with E-state index >= 15 is 0 Å². The summed E-state index contributed by atoms with van der Waals surface area (Å²) >= 11 is 0. The van der Waals surface area contributed by atoms with Crippen molar-refractivity contribution in [1.29, 1.82) is 0 Å². The summed E-state index contributed by atoms with van der Waals surface area (Å²) in [6.07, 6.45) is 4.20. The topological polar surface area (TPSA) is 84.2 Å². The summed E-state index contributed by atoms with van der Waals surface area (Å²) in [5.41, 5.74) is 1.18. The van der Waals surface area contributed by atoms with Gasteiger partial charge in [-0.25, -0.2) is 0 Å². The molecule has 2 saturated carbocycles. The average molecular weight is 311 g/mol. The van der Waals surface area contributed by atoms with Crippen molar-refractivity contribution in [3.8, 4) is 0 Å². The van der Waals surface area contributed by atoms with Crippen molar-refractivity contribution in [3.05, 3.63) is 47.3 Å². The third kappa shape index (κ3) is 3.11. The molecule has 0 saturated heterocycles. The number of para-hydroxylation sites is 1. The molecule has 1 heterocycles. The van der Waals surface area contributed by atoms with E-state index in [1.165, 1.54) is 0 Å². The van der Waals surface area contributed by atoms with Crippen LogP contribution < -0.4 is 10.6 Å². The van der Waals surface area contributed by atoms with Gasteiger partial charge in [0.25, 0.3) is 11.8 Å². The fourth-order valence-electron chi connectivity index (χ4n) is 2.42. The number of nitrogens with one attached hydrogen (secondary N) is 2. The largest absolute Gasteiger partial charge is 0.360 e. The van der Waals surface area contributed by atoms with E-state index in [1.807, 2.05) is 0 Å². The highest BCUT2D eigenvalue weighted by molar-refractivity contribution is 6.08. The van der Waals surface area contributed by atoms with Gasteiger partial charge in [-0.05, 0) is 37.8 Å². The van der Waals surface area contributed by atoms with Gasteiger partial charge in [0, 0.05) is 18.0 Å². The fraction of sp³-hybridized carbons (Fsp3) is 0.353. The number of amides is 2. The van der Waals surface area contributed by atoms with E-state index in [4.69, 9.17) is 4.52 Å². The zero-order valence-corrected chi connectivity index (χ0v) is 12.5. The van der Waals surface area contributed by atoms with Crippen LogP contribution in [0, 0.1) is 0 Å². The van der Waals surface area contributed by atoms with Gasteiger partial charge in [-0.1, -0.05) is 17.3 Å². The Balaban J connectivity index is 1.50. The molecule has 2 aromatic rings. The molecule has 0 bridgehead atoms. The first-order valence-electron chi connectivity index (χ1n) is 7.88. The van der Waals surface area contributed by atoms with Crippen molar-refractivity contribution in [2.75, 3.05) is 5.32 Å². The second-order valence-corrected chi connectivity index (χ2v) is 6.14. The second kappa shape index (κ2) is 5.53. The SMILES string of the molecule is O=C(Nc1ccccc1C(=O)NC1CC1)c1cc(C2CC2)on1. The number of aromatic nitrogens is 1.